The van der Waals surface area contributed by atoms with E-state index >= 15 is 0 Å². The highest BCUT2D eigenvalue weighted by Gasteiger charge is 2.18. The Morgan fingerprint density at radius 2 is 1.88 bits per heavy atom. The Balaban J connectivity index is 1.93. The first-order valence-corrected chi connectivity index (χ1v) is 5.85. The molecule has 2 rings (SSSR count). The zero-order valence-electron chi connectivity index (χ0n) is 8.69. The van der Waals surface area contributed by atoms with Crippen molar-refractivity contribution in [1.29, 1.82) is 0 Å². The number of carbonyl (C=O) groups is 1. The van der Waals surface area contributed by atoms with E-state index in [0.717, 1.165) is 4.47 Å². The van der Waals surface area contributed by atoms with Gasteiger partial charge in [-0.2, -0.15) is 0 Å². The lowest BCUT2D eigenvalue weighted by atomic mass is 10.3. The third-order valence-corrected chi connectivity index (χ3v) is 2.82. The fourth-order valence-corrected chi connectivity index (χ4v) is 1.68. The maximum Gasteiger partial charge on any atom is 0.415 e. The van der Waals surface area contributed by atoms with Gasteiger partial charge in [0.2, 0.25) is 0 Å². The zero-order chi connectivity index (χ0) is 11.4. The fraction of sp³-hybridized carbons (Fsp3) is 0.364. The Kier molecular flexibility index (Phi) is 3.79. The average Bonchev–Trinajstić information content (AvgIpc) is 2.33. The summed E-state index contributed by atoms with van der Waals surface area (Å²) in [7, 11) is 0. The van der Waals surface area contributed by atoms with Gasteiger partial charge >= 0.3 is 6.09 Å². The number of carbonyl (C=O) groups excluding carboxylic acids is 1. The molecule has 86 valence electrons. The largest absolute Gasteiger partial charge is 0.415 e. The Morgan fingerprint density at radius 3 is 2.50 bits per heavy atom. The maximum absolute atomic E-state index is 11.7. The van der Waals surface area contributed by atoms with E-state index < -0.39 is 0 Å². The SMILES string of the molecule is O=C(Oc1ccc(Br)cc1)N1CCOCC1. The summed E-state index contributed by atoms with van der Waals surface area (Å²) in [6.07, 6.45) is -0.314. The van der Waals surface area contributed by atoms with Gasteiger partial charge in [-0.15, -0.1) is 0 Å². The van der Waals surface area contributed by atoms with Crippen LogP contribution in [0.25, 0.3) is 0 Å². The number of hydrogen-bond donors (Lipinski definition) is 0. The second kappa shape index (κ2) is 5.32. The van der Waals surface area contributed by atoms with Gasteiger partial charge in [0.15, 0.2) is 0 Å². The zero-order valence-corrected chi connectivity index (χ0v) is 10.3. The van der Waals surface area contributed by atoms with Gasteiger partial charge in [0.25, 0.3) is 0 Å². The number of rotatable bonds is 1. The monoisotopic (exact) mass is 285 g/mol. The van der Waals surface area contributed by atoms with Gasteiger partial charge in [-0.05, 0) is 24.3 Å². The third kappa shape index (κ3) is 2.96. The molecule has 1 amide bonds. The first kappa shape index (κ1) is 11.4. The summed E-state index contributed by atoms with van der Waals surface area (Å²) in [6.45, 7) is 2.34. The smallest absolute Gasteiger partial charge is 0.410 e. The van der Waals surface area contributed by atoms with Crippen molar-refractivity contribution in [3.8, 4) is 5.75 Å². The van der Waals surface area contributed by atoms with E-state index in [-0.39, 0.29) is 6.09 Å². The molecule has 1 aliphatic heterocycles. The van der Waals surface area contributed by atoms with Crippen molar-refractivity contribution >= 4 is 22.0 Å². The normalized spacial score (nSPS) is 15.9. The van der Waals surface area contributed by atoms with Gasteiger partial charge in [-0.25, -0.2) is 4.79 Å². The van der Waals surface area contributed by atoms with Crippen LogP contribution in [0.3, 0.4) is 0 Å². The molecule has 1 saturated heterocycles. The number of halogens is 1. The number of benzene rings is 1. The Bertz CT molecular complexity index is 360. The van der Waals surface area contributed by atoms with Crippen LogP contribution in [0.2, 0.25) is 0 Å². The summed E-state index contributed by atoms with van der Waals surface area (Å²) >= 11 is 3.32. The van der Waals surface area contributed by atoms with E-state index in [0.29, 0.717) is 32.1 Å². The summed E-state index contributed by atoms with van der Waals surface area (Å²) in [6, 6.07) is 7.18. The lowest BCUT2D eigenvalue weighted by Crippen LogP contribution is -2.42. The lowest BCUT2D eigenvalue weighted by Gasteiger charge is -2.25. The first-order chi connectivity index (χ1) is 7.75. The number of amides is 1. The van der Waals surface area contributed by atoms with Crippen LogP contribution in [0.1, 0.15) is 0 Å². The van der Waals surface area contributed by atoms with Crippen LogP contribution < -0.4 is 4.74 Å². The van der Waals surface area contributed by atoms with Gasteiger partial charge < -0.3 is 14.4 Å². The van der Waals surface area contributed by atoms with E-state index in [1.807, 2.05) is 12.1 Å². The van der Waals surface area contributed by atoms with Crippen LogP contribution in [0.5, 0.6) is 5.75 Å². The standard InChI is InChI=1S/C11H12BrNO3/c12-9-1-3-10(4-2-9)16-11(14)13-5-7-15-8-6-13/h1-4H,5-8H2. The second-order valence-corrected chi connectivity index (χ2v) is 4.34. The molecule has 5 heteroatoms. The summed E-state index contributed by atoms with van der Waals surface area (Å²) in [5, 5.41) is 0. The lowest BCUT2D eigenvalue weighted by molar-refractivity contribution is 0.0416. The molecule has 0 aliphatic carbocycles. The van der Waals surface area contributed by atoms with Gasteiger partial charge in [0, 0.05) is 17.6 Å². The van der Waals surface area contributed by atoms with E-state index in [4.69, 9.17) is 9.47 Å². The highest BCUT2D eigenvalue weighted by molar-refractivity contribution is 9.10. The summed E-state index contributed by atoms with van der Waals surface area (Å²) in [5.41, 5.74) is 0. The minimum absolute atomic E-state index is 0.314. The minimum Gasteiger partial charge on any atom is -0.410 e. The van der Waals surface area contributed by atoms with Crippen molar-refractivity contribution in [2.45, 2.75) is 0 Å². The van der Waals surface area contributed by atoms with Crippen LogP contribution in [0.4, 0.5) is 4.79 Å². The van der Waals surface area contributed by atoms with Gasteiger partial charge in [-0.3, -0.25) is 0 Å². The predicted octanol–water partition coefficient (Wildman–Crippen LogP) is 2.28. The molecular formula is C11H12BrNO3. The van der Waals surface area contributed by atoms with Crippen LogP contribution >= 0.6 is 15.9 Å². The van der Waals surface area contributed by atoms with Crippen molar-refractivity contribution in [3.63, 3.8) is 0 Å². The molecule has 1 fully saturated rings. The molecule has 1 aliphatic rings. The average molecular weight is 286 g/mol. The Hall–Kier alpha value is -1.07. The van der Waals surface area contributed by atoms with E-state index in [9.17, 15) is 4.79 Å². The molecule has 0 atom stereocenters. The van der Waals surface area contributed by atoms with Crippen molar-refractivity contribution in [2.75, 3.05) is 26.3 Å². The predicted molar refractivity (Wildman–Crippen MR) is 62.6 cm³/mol. The van der Waals surface area contributed by atoms with Gasteiger partial charge in [0.05, 0.1) is 13.2 Å². The second-order valence-electron chi connectivity index (χ2n) is 3.42. The van der Waals surface area contributed by atoms with Crippen LogP contribution in [-0.4, -0.2) is 37.3 Å². The minimum atomic E-state index is -0.314. The molecule has 0 radical (unpaired) electrons. The summed E-state index contributed by atoms with van der Waals surface area (Å²) < 4.78 is 11.3. The Morgan fingerprint density at radius 1 is 1.25 bits per heavy atom. The van der Waals surface area contributed by atoms with Crippen LogP contribution in [0.15, 0.2) is 28.7 Å². The fourth-order valence-electron chi connectivity index (χ4n) is 1.41. The van der Waals surface area contributed by atoms with Crippen molar-refractivity contribution in [3.05, 3.63) is 28.7 Å². The van der Waals surface area contributed by atoms with E-state index in [2.05, 4.69) is 15.9 Å². The molecule has 1 aromatic rings. The van der Waals surface area contributed by atoms with Crippen LogP contribution in [-0.2, 0) is 4.74 Å². The van der Waals surface area contributed by atoms with E-state index in [1.165, 1.54) is 0 Å². The molecule has 0 N–H and O–H groups in total. The van der Waals surface area contributed by atoms with Gasteiger partial charge in [-0.1, -0.05) is 15.9 Å². The molecular weight excluding hydrogens is 274 g/mol. The molecule has 0 spiro atoms. The number of ether oxygens (including phenoxy) is 2. The molecule has 0 bridgehead atoms. The molecule has 0 saturated carbocycles. The number of morpholine rings is 1. The number of hydrogen-bond acceptors (Lipinski definition) is 3. The highest BCUT2D eigenvalue weighted by Crippen LogP contribution is 2.17. The molecule has 1 aromatic carbocycles. The summed E-state index contributed by atoms with van der Waals surface area (Å²) in [4.78, 5) is 13.3. The third-order valence-electron chi connectivity index (χ3n) is 2.29. The summed E-state index contributed by atoms with van der Waals surface area (Å²) in [5.74, 6) is 0.555. The van der Waals surface area contributed by atoms with Crippen molar-refractivity contribution in [1.82, 2.24) is 4.90 Å². The quantitative estimate of drug-likeness (QED) is 0.795. The topological polar surface area (TPSA) is 38.8 Å². The number of nitrogens with zero attached hydrogens (tertiary/aromatic N) is 1. The molecule has 16 heavy (non-hydrogen) atoms. The van der Waals surface area contributed by atoms with Crippen molar-refractivity contribution < 1.29 is 14.3 Å². The molecule has 0 aromatic heterocycles. The molecule has 4 nitrogen and oxygen atoms in total. The van der Waals surface area contributed by atoms with E-state index in [1.54, 1.807) is 17.0 Å². The highest BCUT2D eigenvalue weighted by atomic mass is 79.9. The maximum atomic E-state index is 11.7. The molecule has 0 unspecified atom stereocenters. The van der Waals surface area contributed by atoms with Gasteiger partial charge in [0.1, 0.15) is 5.75 Å². The first-order valence-electron chi connectivity index (χ1n) is 5.06. The molecule has 1 heterocycles. The van der Waals surface area contributed by atoms with Crippen LogP contribution in [0, 0.1) is 0 Å². The van der Waals surface area contributed by atoms with Crippen molar-refractivity contribution in [2.24, 2.45) is 0 Å². The Labute approximate surface area is 102 Å².